The van der Waals surface area contributed by atoms with Crippen molar-refractivity contribution in [3.63, 3.8) is 0 Å². The Balaban J connectivity index is 2.51. The van der Waals surface area contributed by atoms with Crippen LogP contribution in [0.25, 0.3) is 0 Å². The molecule has 0 aromatic heterocycles. The molecule has 0 bridgehead atoms. The molecule has 3 unspecified atom stereocenters. The lowest BCUT2D eigenvalue weighted by Crippen LogP contribution is -2.33. The highest BCUT2D eigenvalue weighted by atomic mass is 32.2. The third-order valence-corrected chi connectivity index (χ3v) is 6.85. The molecule has 0 amide bonds. The minimum absolute atomic E-state index is 0.284. The maximum absolute atomic E-state index is 11.6. The fourth-order valence-corrected chi connectivity index (χ4v) is 4.46. The van der Waals surface area contributed by atoms with E-state index in [-0.39, 0.29) is 5.75 Å². The highest BCUT2D eigenvalue weighted by Gasteiger charge is 2.31. The van der Waals surface area contributed by atoms with E-state index in [2.05, 4.69) is 19.2 Å². The van der Waals surface area contributed by atoms with E-state index < -0.39 is 9.84 Å². The summed E-state index contributed by atoms with van der Waals surface area (Å²) in [6.45, 7) is 7.47. The van der Waals surface area contributed by atoms with Crippen molar-refractivity contribution >= 4 is 9.84 Å². The van der Waals surface area contributed by atoms with Gasteiger partial charge in [-0.2, -0.15) is 0 Å². The molecule has 1 N–H and O–H groups in total. The minimum Gasteiger partial charge on any atom is -0.319 e. The molecule has 0 aromatic carbocycles. The van der Waals surface area contributed by atoms with Gasteiger partial charge in [0.2, 0.25) is 0 Å². The zero-order chi connectivity index (χ0) is 15.2. The Kier molecular flexibility index (Phi) is 7.52. The van der Waals surface area contributed by atoms with E-state index in [1.165, 1.54) is 19.3 Å². The van der Waals surface area contributed by atoms with E-state index in [1.807, 2.05) is 7.05 Å². The first-order chi connectivity index (χ1) is 9.39. The van der Waals surface area contributed by atoms with Crippen molar-refractivity contribution in [3.8, 4) is 0 Å². The summed E-state index contributed by atoms with van der Waals surface area (Å²) in [6, 6.07) is 0. The van der Waals surface area contributed by atoms with Crippen LogP contribution in [0.5, 0.6) is 0 Å². The summed E-state index contributed by atoms with van der Waals surface area (Å²) in [5, 5.41) is 3.31. The highest BCUT2D eigenvalue weighted by Crippen LogP contribution is 2.39. The summed E-state index contributed by atoms with van der Waals surface area (Å²) in [7, 11) is -0.775. The molecule has 120 valence electrons. The van der Waals surface area contributed by atoms with Crippen molar-refractivity contribution in [2.75, 3.05) is 25.1 Å². The number of rotatable bonds is 8. The number of sulfone groups is 1. The van der Waals surface area contributed by atoms with Gasteiger partial charge in [-0.3, -0.25) is 0 Å². The summed E-state index contributed by atoms with van der Waals surface area (Å²) in [5.41, 5.74) is 0. The van der Waals surface area contributed by atoms with Gasteiger partial charge in [-0.15, -0.1) is 0 Å². The second kappa shape index (κ2) is 8.38. The number of nitrogens with one attached hydrogen (secondary N) is 1. The molecule has 0 radical (unpaired) electrons. The van der Waals surface area contributed by atoms with Crippen LogP contribution < -0.4 is 5.32 Å². The van der Waals surface area contributed by atoms with E-state index in [0.717, 1.165) is 37.1 Å². The van der Waals surface area contributed by atoms with E-state index in [0.29, 0.717) is 11.7 Å². The van der Waals surface area contributed by atoms with Crippen LogP contribution in [0.3, 0.4) is 0 Å². The van der Waals surface area contributed by atoms with Crippen LogP contribution in [0.15, 0.2) is 0 Å². The summed E-state index contributed by atoms with van der Waals surface area (Å²) < 4.78 is 23.2. The zero-order valence-corrected chi connectivity index (χ0v) is 14.5. The second-order valence-corrected chi connectivity index (χ2v) is 9.25. The van der Waals surface area contributed by atoms with Gasteiger partial charge in [0.05, 0.1) is 5.75 Å². The van der Waals surface area contributed by atoms with Gasteiger partial charge in [0.15, 0.2) is 0 Å². The summed E-state index contributed by atoms with van der Waals surface area (Å²) >= 11 is 0. The topological polar surface area (TPSA) is 46.2 Å². The fraction of sp³-hybridized carbons (Fsp3) is 1.00. The van der Waals surface area contributed by atoms with Gasteiger partial charge in [0, 0.05) is 5.75 Å². The van der Waals surface area contributed by atoms with Gasteiger partial charge >= 0.3 is 0 Å². The predicted octanol–water partition coefficient (Wildman–Crippen LogP) is 3.11. The first-order valence-electron chi connectivity index (χ1n) is 8.24. The molecule has 0 heterocycles. The van der Waals surface area contributed by atoms with Crippen molar-refractivity contribution in [3.05, 3.63) is 0 Å². The Morgan fingerprint density at radius 2 is 1.90 bits per heavy atom. The molecule has 4 heteroatoms. The molecular formula is C16H33NO2S. The average molecular weight is 304 g/mol. The molecule has 0 saturated heterocycles. The maximum atomic E-state index is 11.6. The molecule has 0 aromatic rings. The Morgan fingerprint density at radius 1 is 1.20 bits per heavy atom. The summed E-state index contributed by atoms with van der Waals surface area (Å²) in [4.78, 5) is 0. The second-order valence-electron chi connectivity index (χ2n) is 6.77. The smallest absolute Gasteiger partial charge is 0.150 e. The molecule has 20 heavy (non-hydrogen) atoms. The molecule has 1 rings (SSSR count). The minimum atomic E-state index is -2.80. The van der Waals surface area contributed by atoms with Crippen LogP contribution in [-0.4, -0.2) is 33.5 Å². The Morgan fingerprint density at radius 3 is 2.45 bits per heavy atom. The zero-order valence-electron chi connectivity index (χ0n) is 13.7. The molecule has 1 saturated carbocycles. The van der Waals surface area contributed by atoms with Crippen molar-refractivity contribution in [1.82, 2.24) is 5.32 Å². The lowest BCUT2D eigenvalue weighted by molar-refractivity contribution is 0.139. The number of hydrogen-bond donors (Lipinski definition) is 1. The molecule has 1 aliphatic carbocycles. The first kappa shape index (κ1) is 18.0. The van der Waals surface area contributed by atoms with E-state index in [1.54, 1.807) is 6.92 Å². The first-order valence-corrected chi connectivity index (χ1v) is 10.1. The summed E-state index contributed by atoms with van der Waals surface area (Å²) in [6.07, 6.45) is 5.85. The Hall–Kier alpha value is -0.0900. The monoisotopic (exact) mass is 303 g/mol. The van der Waals surface area contributed by atoms with Gasteiger partial charge in [-0.1, -0.05) is 20.8 Å². The lowest BCUT2D eigenvalue weighted by atomic mass is 9.69. The molecule has 3 atom stereocenters. The SMILES string of the molecule is CCS(=O)(=O)CCCC1CC(C(C)C)CCC1CNC. The van der Waals surface area contributed by atoms with Crippen LogP contribution in [0, 0.1) is 23.7 Å². The standard InChI is InChI=1S/C16H33NO2S/c1-5-20(18,19)10-6-7-15-11-14(13(2)3)8-9-16(15)12-17-4/h13-17H,5-12H2,1-4H3. The predicted molar refractivity (Wildman–Crippen MR) is 86.6 cm³/mol. The quantitative estimate of drug-likeness (QED) is 0.749. The van der Waals surface area contributed by atoms with Gasteiger partial charge in [0.25, 0.3) is 0 Å². The van der Waals surface area contributed by atoms with Crippen LogP contribution in [-0.2, 0) is 9.84 Å². The average Bonchev–Trinajstić information content (AvgIpc) is 2.40. The van der Waals surface area contributed by atoms with Crippen molar-refractivity contribution in [2.45, 2.75) is 52.9 Å². The van der Waals surface area contributed by atoms with E-state index >= 15 is 0 Å². The van der Waals surface area contributed by atoms with E-state index in [9.17, 15) is 8.42 Å². The lowest BCUT2D eigenvalue weighted by Gasteiger charge is -2.38. The maximum Gasteiger partial charge on any atom is 0.150 e. The van der Waals surface area contributed by atoms with Crippen LogP contribution >= 0.6 is 0 Å². The van der Waals surface area contributed by atoms with Gasteiger partial charge in [-0.25, -0.2) is 8.42 Å². The fourth-order valence-electron chi connectivity index (χ4n) is 3.56. The van der Waals surface area contributed by atoms with Crippen molar-refractivity contribution < 1.29 is 8.42 Å². The van der Waals surface area contributed by atoms with Crippen LogP contribution in [0.1, 0.15) is 52.9 Å². The Labute approximate surface area is 125 Å². The molecule has 0 spiro atoms. The third kappa shape index (κ3) is 5.72. The Bertz CT molecular complexity index is 365. The van der Waals surface area contributed by atoms with Crippen molar-refractivity contribution in [1.29, 1.82) is 0 Å². The van der Waals surface area contributed by atoms with Gasteiger partial charge in [0.1, 0.15) is 9.84 Å². The van der Waals surface area contributed by atoms with Crippen LogP contribution in [0.4, 0.5) is 0 Å². The molecular weight excluding hydrogens is 270 g/mol. The third-order valence-electron chi connectivity index (χ3n) is 5.06. The molecule has 3 nitrogen and oxygen atoms in total. The number of hydrogen-bond acceptors (Lipinski definition) is 3. The molecule has 1 aliphatic rings. The molecule has 0 aliphatic heterocycles. The largest absolute Gasteiger partial charge is 0.319 e. The van der Waals surface area contributed by atoms with Gasteiger partial charge in [-0.05, 0) is 69.4 Å². The highest BCUT2D eigenvalue weighted by molar-refractivity contribution is 7.91. The summed E-state index contributed by atoms with van der Waals surface area (Å²) in [5.74, 6) is 3.68. The normalized spacial score (nSPS) is 27.9. The van der Waals surface area contributed by atoms with Crippen LogP contribution in [0.2, 0.25) is 0 Å². The van der Waals surface area contributed by atoms with Gasteiger partial charge < -0.3 is 5.32 Å². The molecule has 1 fully saturated rings. The van der Waals surface area contributed by atoms with E-state index in [4.69, 9.17) is 0 Å². The van der Waals surface area contributed by atoms with Crippen molar-refractivity contribution in [2.24, 2.45) is 23.7 Å².